The number of rotatable bonds is 4. The van der Waals surface area contributed by atoms with Crippen molar-refractivity contribution in [3.05, 3.63) is 28.8 Å². The third-order valence-corrected chi connectivity index (χ3v) is 3.85. The smallest absolute Gasteiger partial charge is 0.310 e. The largest absolute Gasteiger partial charge is 0.431 e. The molecule has 6 heteroatoms. The van der Waals surface area contributed by atoms with Gasteiger partial charge in [0.1, 0.15) is 5.75 Å². The molecule has 0 saturated carbocycles. The lowest BCUT2D eigenvalue weighted by molar-refractivity contribution is 0.457. The molecule has 0 spiro atoms. The molecule has 0 heterocycles. The quantitative estimate of drug-likeness (QED) is 0.830. The van der Waals surface area contributed by atoms with Crippen LogP contribution in [0.2, 0.25) is 5.02 Å². The van der Waals surface area contributed by atoms with Gasteiger partial charge in [0, 0.05) is 6.04 Å². The van der Waals surface area contributed by atoms with Crippen molar-refractivity contribution in [3.63, 3.8) is 0 Å². The van der Waals surface area contributed by atoms with E-state index in [0.29, 0.717) is 10.8 Å². The summed E-state index contributed by atoms with van der Waals surface area (Å²) in [5.74, 6) is 0.409. The molecule has 0 aliphatic carbocycles. The lowest BCUT2D eigenvalue weighted by Crippen LogP contribution is -2.21. The van der Waals surface area contributed by atoms with E-state index in [1.807, 2.05) is 26.8 Å². The molecule has 0 saturated heterocycles. The molecule has 2 N–H and O–H groups in total. The van der Waals surface area contributed by atoms with Crippen LogP contribution in [-0.2, 0) is 11.8 Å². The number of halogens is 1. The molecule has 16 heavy (non-hydrogen) atoms. The van der Waals surface area contributed by atoms with Crippen LogP contribution in [-0.4, -0.2) is 10.9 Å². The van der Waals surface area contributed by atoms with Crippen molar-refractivity contribution in [1.82, 2.24) is 5.09 Å². The van der Waals surface area contributed by atoms with Crippen LogP contribution in [0, 0.1) is 6.92 Å². The molecule has 1 atom stereocenters. The maximum Gasteiger partial charge on any atom is 0.310 e. The number of aryl methyl sites for hydroxylation is 1. The minimum Gasteiger partial charge on any atom is -0.431 e. The number of nitrogens with one attached hydrogen (secondary N) is 1. The second-order valence-corrected chi connectivity index (χ2v) is 7.20. The molecule has 1 unspecified atom stereocenters. The van der Waals surface area contributed by atoms with Gasteiger partial charge in [0.2, 0.25) is 0 Å². The van der Waals surface area contributed by atoms with Gasteiger partial charge in [0.05, 0.1) is 5.02 Å². The van der Waals surface area contributed by atoms with Crippen LogP contribution in [0.3, 0.4) is 0 Å². The molecule has 1 rings (SSSR count). The normalized spacial score (nSPS) is 14.9. The average Bonchev–Trinajstić information content (AvgIpc) is 2.07. The van der Waals surface area contributed by atoms with E-state index in [9.17, 15) is 4.89 Å². The summed E-state index contributed by atoms with van der Waals surface area (Å²) < 4.78 is 5.34. The number of hydrogen-bond donors (Lipinski definition) is 2. The molecule has 0 aliphatic rings. The van der Waals surface area contributed by atoms with E-state index < -0.39 is 6.64 Å². The predicted octanol–water partition coefficient (Wildman–Crippen LogP) is 3.24. The van der Waals surface area contributed by atoms with Gasteiger partial charge in [-0.1, -0.05) is 17.7 Å². The topological polar surface area (TPSA) is 41.5 Å². The van der Waals surface area contributed by atoms with Gasteiger partial charge in [-0.05, 0) is 50.3 Å². The molecule has 1 aromatic carbocycles. The van der Waals surface area contributed by atoms with Crippen LogP contribution >= 0.6 is 18.2 Å². The molecule has 1 aromatic rings. The van der Waals surface area contributed by atoms with Gasteiger partial charge in [-0.25, -0.2) is 5.09 Å². The second-order valence-electron chi connectivity index (χ2n) is 3.83. The van der Waals surface area contributed by atoms with E-state index in [4.69, 9.17) is 27.9 Å². The zero-order chi connectivity index (χ0) is 12.3. The van der Waals surface area contributed by atoms with Crippen molar-refractivity contribution in [2.24, 2.45) is 0 Å². The monoisotopic (exact) mass is 279 g/mol. The Labute approximate surface area is 106 Å². The molecule has 0 bridgehead atoms. The molecule has 3 nitrogen and oxygen atoms in total. The van der Waals surface area contributed by atoms with Crippen LogP contribution in [0.4, 0.5) is 0 Å². The molecular formula is C10H15ClNO2PS. The third-order valence-electron chi connectivity index (χ3n) is 1.73. The molecule has 0 aliphatic heterocycles. The van der Waals surface area contributed by atoms with Gasteiger partial charge in [-0.15, -0.1) is 0 Å². The maximum atomic E-state index is 9.87. The van der Waals surface area contributed by atoms with Gasteiger partial charge >= 0.3 is 6.64 Å². The lowest BCUT2D eigenvalue weighted by atomic mass is 10.2. The third kappa shape index (κ3) is 4.40. The Kier molecular flexibility index (Phi) is 4.77. The van der Waals surface area contributed by atoms with Crippen LogP contribution in [0.1, 0.15) is 19.4 Å². The van der Waals surface area contributed by atoms with Crippen LogP contribution in [0.25, 0.3) is 0 Å². The highest BCUT2D eigenvalue weighted by atomic mass is 35.5. The van der Waals surface area contributed by atoms with Gasteiger partial charge < -0.3 is 9.42 Å². The Morgan fingerprint density at radius 1 is 1.50 bits per heavy atom. The van der Waals surface area contributed by atoms with Crippen molar-refractivity contribution in [3.8, 4) is 5.75 Å². The van der Waals surface area contributed by atoms with Crippen molar-refractivity contribution in [2.45, 2.75) is 26.8 Å². The van der Waals surface area contributed by atoms with E-state index in [0.717, 1.165) is 5.56 Å². The van der Waals surface area contributed by atoms with E-state index in [1.54, 1.807) is 12.1 Å². The fraction of sp³-hybridized carbons (Fsp3) is 0.400. The van der Waals surface area contributed by atoms with Crippen molar-refractivity contribution < 1.29 is 9.42 Å². The van der Waals surface area contributed by atoms with Crippen molar-refractivity contribution >= 4 is 30.1 Å². The fourth-order valence-electron chi connectivity index (χ4n) is 1.17. The Morgan fingerprint density at radius 2 is 2.12 bits per heavy atom. The Balaban J connectivity index is 2.84. The van der Waals surface area contributed by atoms with Gasteiger partial charge in [-0.3, -0.25) is 0 Å². The summed E-state index contributed by atoms with van der Waals surface area (Å²) in [7, 11) is 0. The molecule has 0 amide bonds. The first-order valence-corrected chi connectivity index (χ1v) is 7.91. The average molecular weight is 280 g/mol. The van der Waals surface area contributed by atoms with Gasteiger partial charge in [-0.2, -0.15) is 0 Å². The Bertz CT molecular complexity index is 425. The Hall–Kier alpha value is -0.120. The van der Waals surface area contributed by atoms with Crippen LogP contribution < -0.4 is 9.61 Å². The molecule has 0 aromatic heterocycles. The zero-order valence-electron chi connectivity index (χ0n) is 9.40. The van der Waals surface area contributed by atoms with Gasteiger partial charge in [0.15, 0.2) is 0 Å². The lowest BCUT2D eigenvalue weighted by Gasteiger charge is -2.20. The van der Waals surface area contributed by atoms with Crippen molar-refractivity contribution in [2.75, 3.05) is 0 Å². The standard InChI is InChI=1S/C10H15ClNO2PS/c1-7(2)12-15(13,16)14-10-5-4-8(3)6-9(10)11/h4-7H,1-3H3,(H2,12,13,16). The van der Waals surface area contributed by atoms with Crippen LogP contribution in [0.5, 0.6) is 5.75 Å². The minimum absolute atomic E-state index is 0.0556. The predicted molar refractivity (Wildman–Crippen MR) is 71.6 cm³/mol. The second kappa shape index (κ2) is 5.48. The summed E-state index contributed by atoms with van der Waals surface area (Å²) in [6.07, 6.45) is 0. The highest BCUT2D eigenvalue weighted by molar-refractivity contribution is 8.08. The first-order valence-electron chi connectivity index (χ1n) is 4.86. The van der Waals surface area contributed by atoms with Gasteiger partial charge in [0.25, 0.3) is 0 Å². The summed E-state index contributed by atoms with van der Waals surface area (Å²) in [4.78, 5) is 9.87. The highest BCUT2D eigenvalue weighted by Crippen LogP contribution is 2.42. The SMILES string of the molecule is Cc1ccc(OP(O)(=S)NC(C)C)c(Cl)c1. The molecule has 0 radical (unpaired) electrons. The molecule has 90 valence electrons. The minimum atomic E-state index is -3.01. The summed E-state index contributed by atoms with van der Waals surface area (Å²) >= 11 is 10.9. The van der Waals surface area contributed by atoms with E-state index in [1.165, 1.54) is 0 Å². The summed E-state index contributed by atoms with van der Waals surface area (Å²) in [5.41, 5.74) is 1.03. The summed E-state index contributed by atoms with van der Waals surface area (Å²) in [5, 5.41) is 3.26. The first kappa shape index (κ1) is 13.9. The summed E-state index contributed by atoms with van der Waals surface area (Å²) in [6, 6.07) is 5.38. The molecule has 0 fully saturated rings. The maximum absolute atomic E-state index is 9.87. The number of benzene rings is 1. The summed E-state index contributed by atoms with van der Waals surface area (Å²) in [6.45, 7) is 2.69. The van der Waals surface area contributed by atoms with Crippen LogP contribution in [0.15, 0.2) is 18.2 Å². The Morgan fingerprint density at radius 3 is 2.62 bits per heavy atom. The van der Waals surface area contributed by atoms with E-state index in [-0.39, 0.29) is 6.04 Å². The van der Waals surface area contributed by atoms with E-state index in [2.05, 4.69) is 5.09 Å². The highest BCUT2D eigenvalue weighted by Gasteiger charge is 2.17. The zero-order valence-corrected chi connectivity index (χ0v) is 11.9. The van der Waals surface area contributed by atoms with E-state index >= 15 is 0 Å². The number of hydrogen-bond acceptors (Lipinski definition) is 2. The first-order chi connectivity index (χ1) is 7.30. The fourth-order valence-corrected chi connectivity index (χ4v) is 3.50. The molecular weight excluding hydrogens is 265 g/mol. The van der Waals surface area contributed by atoms with Crippen molar-refractivity contribution in [1.29, 1.82) is 0 Å².